The molecular weight excluding hydrogens is 180 g/mol. The van der Waals surface area contributed by atoms with Crippen molar-refractivity contribution in [1.82, 2.24) is 4.40 Å². The molecule has 0 aliphatic carbocycles. The van der Waals surface area contributed by atoms with Gasteiger partial charge in [0.15, 0.2) is 5.52 Å². The fourth-order valence-corrected chi connectivity index (χ4v) is 2.58. The number of rotatable bonds is 0. The minimum absolute atomic E-state index is 1.25. The molecule has 0 spiro atoms. The van der Waals surface area contributed by atoms with Crippen LogP contribution in [0.1, 0.15) is 5.69 Å². The number of fused-ring (bicyclic) bond motifs is 3. The van der Waals surface area contributed by atoms with Crippen molar-refractivity contribution in [1.29, 1.82) is 0 Å². The van der Waals surface area contributed by atoms with Gasteiger partial charge in [0.05, 0.1) is 6.20 Å². The summed E-state index contributed by atoms with van der Waals surface area (Å²) in [7, 11) is 0. The average molecular weight is 189 g/mol. The minimum Gasteiger partial charge on any atom is -0.189 e. The van der Waals surface area contributed by atoms with Crippen molar-refractivity contribution in [3.63, 3.8) is 0 Å². The monoisotopic (exact) mass is 189 g/mol. The second kappa shape index (κ2) is 2.33. The molecule has 3 heteroatoms. The Kier molecular flexibility index (Phi) is 1.27. The van der Waals surface area contributed by atoms with Gasteiger partial charge in [-0.15, -0.1) is 0 Å². The Balaban J connectivity index is 2.64. The highest BCUT2D eigenvalue weighted by molar-refractivity contribution is 7.14. The summed E-state index contributed by atoms with van der Waals surface area (Å²) in [6.45, 7) is 2.13. The Morgan fingerprint density at radius 3 is 3.23 bits per heavy atom. The van der Waals surface area contributed by atoms with Crippen molar-refractivity contribution in [3.05, 3.63) is 41.7 Å². The molecule has 0 fully saturated rings. The van der Waals surface area contributed by atoms with Gasteiger partial charge in [-0.25, -0.2) is 0 Å². The summed E-state index contributed by atoms with van der Waals surface area (Å²) in [5.41, 5.74) is 2.54. The summed E-state index contributed by atoms with van der Waals surface area (Å²) in [6, 6.07) is 6.25. The molecule has 0 saturated heterocycles. The molecule has 3 heterocycles. The SMILES string of the molecule is Cc1csc2n1cc1cccc[n+]12. The maximum atomic E-state index is 2.22. The fraction of sp³-hybridized carbons (Fsp3) is 0.100. The Morgan fingerprint density at radius 2 is 2.31 bits per heavy atom. The van der Waals surface area contributed by atoms with E-state index in [4.69, 9.17) is 0 Å². The van der Waals surface area contributed by atoms with Gasteiger partial charge >= 0.3 is 4.96 Å². The molecule has 0 bridgehead atoms. The quantitative estimate of drug-likeness (QED) is 0.478. The number of thiazole rings is 1. The zero-order valence-corrected chi connectivity index (χ0v) is 8.08. The van der Waals surface area contributed by atoms with Crippen LogP contribution in [-0.4, -0.2) is 4.40 Å². The first kappa shape index (κ1) is 7.09. The van der Waals surface area contributed by atoms with Gasteiger partial charge in [-0.3, -0.25) is 0 Å². The molecule has 0 aliphatic rings. The van der Waals surface area contributed by atoms with Crippen LogP contribution in [0.5, 0.6) is 0 Å². The molecular formula is C10H9N2S+. The third kappa shape index (κ3) is 0.848. The fourth-order valence-electron chi connectivity index (χ4n) is 1.60. The van der Waals surface area contributed by atoms with Crippen molar-refractivity contribution < 1.29 is 4.40 Å². The standard InChI is InChI=1S/C10H9N2S/c1-8-7-13-10-11-5-3-2-4-9(11)6-12(8)10/h2-7H,1H3/q+1. The second-order valence-corrected chi connectivity index (χ2v) is 3.99. The molecule has 0 N–H and O–H groups in total. The summed E-state index contributed by atoms with van der Waals surface area (Å²) >= 11 is 1.78. The van der Waals surface area contributed by atoms with Crippen LogP contribution in [0.25, 0.3) is 10.5 Å². The second-order valence-electron chi connectivity index (χ2n) is 3.15. The van der Waals surface area contributed by atoms with E-state index in [0.717, 1.165) is 0 Å². The zero-order valence-electron chi connectivity index (χ0n) is 7.27. The molecule has 0 atom stereocenters. The first-order valence-electron chi connectivity index (χ1n) is 4.22. The smallest absolute Gasteiger partial charge is 0.189 e. The number of hydrogen-bond donors (Lipinski definition) is 0. The lowest BCUT2D eigenvalue weighted by Crippen LogP contribution is -2.17. The van der Waals surface area contributed by atoms with Crippen molar-refractivity contribution in [2.75, 3.05) is 0 Å². The normalized spacial score (nSPS) is 11.5. The third-order valence-electron chi connectivity index (χ3n) is 2.28. The van der Waals surface area contributed by atoms with Crippen molar-refractivity contribution in [2.45, 2.75) is 6.92 Å². The van der Waals surface area contributed by atoms with Gasteiger partial charge in [-0.1, -0.05) is 17.4 Å². The molecule has 0 aromatic carbocycles. The lowest BCUT2D eigenvalue weighted by atomic mass is 10.4. The summed E-state index contributed by atoms with van der Waals surface area (Å²) in [4.78, 5) is 1.27. The summed E-state index contributed by atoms with van der Waals surface area (Å²) < 4.78 is 4.43. The predicted molar refractivity (Wildman–Crippen MR) is 53.2 cm³/mol. The molecule has 3 rings (SSSR count). The predicted octanol–water partition coefficient (Wildman–Crippen LogP) is 2.05. The number of imidazole rings is 1. The topological polar surface area (TPSA) is 8.51 Å². The van der Waals surface area contributed by atoms with Crippen molar-refractivity contribution in [2.24, 2.45) is 0 Å². The van der Waals surface area contributed by atoms with Crippen LogP contribution in [0.3, 0.4) is 0 Å². The van der Waals surface area contributed by atoms with E-state index < -0.39 is 0 Å². The number of nitrogens with zero attached hydrogens (tertiary/aromatic N) is 2. The number of hydrogen-bond acceptors (Lipinski definition) is 1. The Hall–Kier alpha value is -1.35. The lowest BCUT2D eigenvalue weighted by molar-refractivity contribution is -0.479. The van der Waals surface area contributed by atoms with E-state index in [0.29, 0.717) is 0 Å². The number of pyridine rings is 1. The molecule has 13 heavy (non-hydrogen) atoms. The van der Waals surface area contributed by atoms with Crippen molar-refractivity contribution >= 4 is 21.8 Å². The van der Waals surface area contributed by atoms with Gasteiger partial charge in [0, 0.05) is 5.38 Å². The van der Waals surface area contributed by atoms with Crippen LogP contribution >= 0.6 is 11.3 Å². The van der Waals surface area contributed by atoms with Gasteiger partial charge in [-0.05, 0) is 19.1 Å². The number of aromatic nitrogens is 2. The van der Waals surface area contributed by atoms with E-state index in [-0.39, 0.29) is 0 Å². The van der Waals surface area contributed by atoms with E-state index in [2.05, 4.69) is 51.7 Å². The van der Waals surface area contributed by atoms with Gasteiger partial charge in [0.1, 0.15) is 11.9 Å². The van der Waals surface area contributed by atoms with Gasteiger partial charge in [0.25, 0.3) is 0 Å². The van der Waals surface area contributed by atoms with Crippen LogP contribution in [0.2, 0.25) is 0 Å². The van der Waals surface area contributed by atoms with Gasteiger partial charge < -0.3 is 0 Å². The van der Waals surface area contributed by atoms with Crippen LogP contribution in [-0.2, 0) is 0 Å². The summed E-state index contributed by atoms with van der Waals surface area (Å²) in [5, 5.41) is 2.18. The maximum absolute atomic E-state index is 2.22. The van der Waals surface area contributed by atoms with E-state index >= 15 is 0 Å². The van der Waals surface area contributed by atoms with E-state index in [9.17, 15) is 0 Å². The minimum atomic E-state index is 1.25. The lowest BCUT2D eigenvalue weighted by Gasteiger charge is -1.80. The van der Waals surface area contributed by atoms with E-state index in [1.165, 1.54) is 16.2 Å². The summed E-state index contributed by atoms with van der Waals surface area (Å²) in [6.07, 6.45) is 4.27. The Morgan fingerprint density at radius 1 is 1.38 bits per heavy atom. The number of aryl methyl sites for hydroxylation is 1. The molecule has 3 aromatic heterocycles. The van der Waals surface area contributed by atoms with Crippen LogP contribution in [0.4, 0.5) is 0 Å². The molecule has 2 nitrogen and oxygen atoms in total. The Bertz CT molecular complexity index is 577. The highest BCUT2D eigenvalue weighted by Crippen LogP contribution is 2.14. The first-order valence-corrected chi connectivity index (χ1v) is 5.10. The molecule has 0 aliphatic heterocycles. The van der Waals surface area contributed by atoms with Gasteiger partial charge in [0.2, 0.25) is 0 Å². The molecule has 0 unspecified atom stereocenters. The van der Waals surface area contributed by atoms with Crippen LogP contribution in [0, 0.1) is 6.92 Å². The largest absolute Gasteiger partial charge is 0.351 e. The highest BCUT2D eigenvalue weighted by atomic mass is 32.1. The molecule has 0 amide bonds. The third-order valence-corrected chi connectivity index (χ3v) is 3.34. The van der Waals surface area contributed by atoms with Gasteiger partial charge in [-0.2, -0.15) is 8.80 Å². The maximum Gasteiger partial charge on any atom is 0.351 e. The molecule has 64 valence electrons. The molecule has 0 radical (unpaired) electrons. The molecule has 0 saturated carbocycles. The highest BCUT2D eigenvalue weighted by Gasteiger charge is 2.13. The van der Waals surface area contributed by atoms with E-state index in [1.54, 1.807) is 11.3 Å². The summed E-state index contributed by atoms with van der Waals surface area (Å²) in [5.74, 6) is 0. The van der Waals surface area contributed by atoms with Crippen LogP contribution in [0.15, 0.2) is 36.0 Å². The Labute approximate surface area is 79.7 Å². The van der Waals surface area contributed by atoms with Crippen LogP contribution < -0.4 is 4.40 Å². The zero-order chi connectivity index (χ0) is 8.84. The average Bonchev–Trinajstić information content (AvgIpc) is 2.67. The first-order chi connectivity index (χ1) is 6.36. The van der Waals surface area contributed by atoms with E-state index in [1.807, 2.05) is 0 Å². The van der Waals surface area contributed by atoms with Crippen molar-refractivity contribution in [3.8, 4) is 0 Å². The molecule has 3 aromatic rings.